The average molecular weight is 374 g/mol. The molecule has 0 bridgehead atoms. The van der Waals surface area contributed by atoms with Crippen molar-refractivity contribution in [3.05, 3.63) is 34.0 Å². The molecule has 0 fully saturated rings. The monoisotopic (exact) mass is 374 g/mol. The Kier molecular flexibility index (Phi) is 6.80. The number of alkyl halides is 3. The van der Waals surface area contributed by atoms with Crippen molar-refractivity contribution in [2.75, 3.05) is 19.6 Å². The molecular formula is C15H21F3N6S. The quantitative estimate of drug-likeness (QED) is 0.577. The van der Waals surface area contributed by atoms with Gasteiger partial charge in [0.2, 0.25) is 0 Å². The van der Waals surface area contributed by atoms with E-state index in [1.807, 2.05) is 24.7 Å². The van der Waals surface area contributed by atoms with E-state index in [1.165, 1.54) is 0 Å². The summed E-state index contributed by atoms with van der Waals surface area (Å²) in [6.45, 7) is 6.32. The SMILES string of the molecule is CCNC(=NCCc1nc(C(F)(F)F)cs1)NCCn1cc(C)cn1. The van der Waals surface area contributed by atoms with Crippen LogP contribution in [0.5, 0.6) is 0 Å². The molecule has 0 atom stereocenters. The Morgan fingerprint density at radius 1 is 1.36 bits per heavy atom. The number of aliphatic imine (C=N–C) groups is 1. The second-order valence-corrected chi connectivity index (χ2v) is 6.29. The first-order chi connectivity index (χ1) is 11.9. The van der Waals surface area contributed by atoms with Gasteiger partial charge in [0.25, 0.3) is 0 Å². The van der Waals surface area contributed by atoms with Gasteiger partial charge in [0.1, 0.15) is 0 Å². The van der Waals surface area contributed by atoms with Crippen molar-refractivity contribution < 1.29 is 13.2 Å². The second kappa shape index (κ2) is 8.84. The number of nitrogens with zero attached hydrogens (tertiary/aromatic N) is 4. The van der Waals surface area contributed by atoms with E-state index in [4.69, 9.17) is 0 Å². The number of hydrogen-bond donors (Lipinski definition) is 2. The number of rotatable bonds is 7. The van der Waals surface area contributed by atoms with Crippen molar-refractivity contribution in [1.82, 2.24) is 25.4 Å². The predicted octanol–water partition coefficient (Wildman–Crippen LogP) is 2.46. The zero-order valence-electron chi connectivity index (χ0n) is 14.1. The molecule has 10 heteroatoms. The highest BCUT2D eigenvalue weighted by Crippen LogP contribution is 2.30. The summed E-state index contributed by atoms with van der Waals surface area (Å²) in [5.74, 6) is 0.624. The Morgan fingerprint density at radius 3 is 2.76 bits per heavy atom. The van der Waals surface area contributed by atoms with Gasteiger partial charge in [0, 0.05) is 37.6 Å². The minimum atomic E-state index is -4.39. The number of thiazole rings is 1. The number of halogens is 3. The lowest BCUT2D eigenvalue weighted by Gasteiger charge is -2.11. The molecule has 25 heavy (non-hydrogen) atoms. The Bertz CT molecular complexity index is 691. The molecule has 0 radical (unpaired) electrons. The topological polar surface area (TPSA) is 67.1 Å². The van der Waals surface area contributed by atoms with Crippen LogP contribution in [0, 0.1) is 6.92 Å². The summed E-state index contributed by atoms with van der Waals surface area (Å²) in [6.07, 6.45) is -0.274. The van der Waals surface area contributed by atoms with E-state index in [-0.39, 0.29) is 0 Å². The lowest BCUT2D eigenvalue weighted by atomic mass is 10.4. The third-order valence-corrected chi connectivity index (χ3v) is 4.09. The molecule has 0 unspecified atom stereocenters. The third kappa shape index (κ3) is 6.37. The molecule has 0 aliphatic heterocycles. The van der Waals surface area contributed by atoms with Gasteiger partial charge in [-0.05, 0) is 19.4 Å². The van der Waals surface area contributed by atoms with Crippen LogP contribution < -0.4 is 10.6 Å². The summed E-state index contributed by atoms with van der Waals surface area (Å²) in [5, 5.41) is 11.9. The largest absolute Gasteiger partial charge is 0.434 e. The number of aryl methyl sites for hydroxylation is 1. The van der Waals surface area contributed by atoms with Crippen molar-refractivity contribution in [3.8, 4) is 0 Å². The fourth-order valence-electron chi connectivity index (χ4n) is 2.04. The molecule has 0 aromatic carbocycles. The molecule has 2 heterocycles. The van der Waals surface area contributed by atoms with Gasteiger partial charge in [0.15, 0.2) is 11.7 Å². The zero-order valence-corrected chi connectivity index (χ0v) is 14.9. The number of aromatic nitrogens is 3. The third-order valence-electron chi connectivity index (χ3n) is 3.18. The van der Waals surface area contributed by atoms with Crippen LogP contribution in [-0.2, 0) is 19.1 Å². The lowest BCUT2D eigenvalue weighted by molar-refractivity contribution is -0.140. The van der Waals surface area contributed by atoms with Crippen molar-refractivity contribution in [2.45, 2.75) is 33.0 Å². The molecule has 0 aliphatic rings. The van der Waals surface area contributed by atoms with Gasteiger partial charge in [-0.15, -0.1) is 11.3 Å². The summed E-state index contributed by atoms with van der Waals surface area (Å²) < 4.78 is 39.4. The van der Waals surface area contributed by atoms with Crippen LogP contribution in [0.4, 0.5) is 13.2 Å². The summed E-state index contributed by atoms with van der Waals surface area (Å²) in [5.41, 5.74) is 0.262. The van der Waals surface area contributed by atoms with Gasteiger partial charge >= 0.3 is 6.18 Å². The van der Waals surface area contributed by atoms with Crippen LogP contribution in [0.2, 0.25) is 0 Å². The van der Waals surface area contributed by atoms with Gasteiger partial charge in [0.05, 0.1) is 17.7 Å². The Labute approximate surface area is 148 Å². The van der Waals surface area contributed by atoms with Crippen LogP contribution in [-0.4, -0.2) is 40.4 Å². The highest BCUT2D eigenvalue weighted by molar-refractivity contribution is 7.09. The molecular weight excluding hydrogens is 353 g/mol. The molecule has 0 aliphatic carbocycles. The minimum absolute atomic E-state index is 0.362. The zero-order chi connectivity index (χ0) is 18.3. The van der Waals surface area contributed by atoms with E-state index < -0.39 is 11.9 Å². The van der Waals surface area contributed by atoms with E-state index in [0.29, 0.717) is 43.6 Å². The van der Waals surface area contributed by atoms with E-state index in [0.717, 1.165) is 22.3 Å². The first kappa shape index (κ1) is 19.2. The van der Waals surface area contributed by atoms with Crippen LogP contribution >= 0.6 is 11.3 Å². The van der Waals surface area contributed by atoms with Gasteiger partial charge in [-0.1, -0.05) is 0 Å². The molecule has 6 nitrogen and oxygen atoms in total. The van der Waals surface area contributed by atoms with Crippen LogP contribution in [0.3, 0.4) is 0 Å². The van der Waals surface area contributed by atoms with E-state index >= 15 is 0 Å². The lowest BCUT2D eigenvalue weighted by Crippen LogP contribution is -2.39. The van der Waals surface area contributed by atoms with Crippen LogP contribution in [0.25, 0.3) is 0 Å². The van der Waals surface area contributed by atoms with Crippen molar-refractivity contribution >= 4 is 17.3 Å². The van der Waals surface area contributed by atoms with E-state index in [1.54, 1.807) is 6.20 Å². The molecule has 0 amide bonds. The van der Waals surface area contributed by atoms with Gasteiger partial charge < -0.3 is 10.6 Å². The molecule has 0 saturated carbocycles. The Morgan fingerprint density at radius 2 is 2.16 bits per heavy atom. The first-order valence-corrected chi connectivity index (χ1v) is 8.79. The van der Waals surface area contributed by atoms with Gasteiger partial charge in [-0.25, -0.2) is 4.98 Å². The highest BCUT2D eigenvalue weighted by atomic mass is 32.1. The van der Waals surface area contributed by atoms with Crippen molar-refractivity contribution in [3.63, 3.8) is 0 Å². The summed E-state index contributed by atoms with van der Waals surface area (Å²) in [7, 11) is 0. The van der Waals surface area contributed by atoms with E-state index in [9.17, 15) is 13.2 Å². The Balaban J connectivity index is 1.81. The normalized spacial score (nSPS) is 12.4. The number of guanidine groups is 1. The molecule has 0 saturated heterocycles. The van der Waals surface area contributed by atoms with Crippen LogP contribution in [0.1, 0.15) is 23.2 Å². The first-order valence-electron chi connectivity index (χ1n) is 7.91. The van der Waals surface area contributed by atoms with Gasteiger partial charge in [-0.2, -0.15) is 18.3 Å². The average Bonchev–Trinajstić information content (AvgIpc) is 3.16. The second-order valence-electron chi connectivity index (χ2n) is 5.34. The maximum atomic E-state index is 12.5. The van der Waals surface area contributed by atoms with Crippen LogP contribution in [0.15, 0.2) is 22.8 Å². The maximum absolute atomic E-state index is 12.5. The summed E-state index contributed by atoms with van der Waals surface area (Å²) in [4.78, 5) is 7.97. The standard InChI is InChI=1S/C15H21F3N6S/c1-3-19-14(21-6-7-24-9-11(2)8-22-24)20-5-4-13-23-12(10-25-13)15(16,17)18/h8-10H,3-7H2,1-2H3,(H2,19,20,21). The highest BCUT2D eigenvalue weighted by Gasteiger charge is 2.33. The minimum Gasteiger partial charge on any atom is -0.357 e. The number of nitrogens with one attached hydrogen (secondary N) is 2. The number of hydrogen-bond acceptors (Lipinski definition) is 4. The fraction of sp³-hybridized carbons (Fsp3) is 0.533. The van der Waals surface area contributed by atoms with E-state index in [2.05, 4.69) is 25.7 Å². The molecule has 2 rings (SSSR count). The molecule has 138 valence electrons. The van der Waals surface area contributed by atoms with Crippen molar-refractivity contribution in [1.29, 1.82) is 0 Å². The molecule has 0 spiro atoms. The van der Waals surface area contributed by atoms with Gasteiger partial charge in [-0.3, -0.25) is 9.67 Å². The molecule has 2 aromatic rings. The fourth-order valence-corrected chi connectivity index (χ4v) is 2.83. The summed E-state index contributed by atoms with van der Waals surface area (Å²) in [6, 6.07) is 0. The molecule has 2 N–H and O–H groups in total. The smallest absolute Gasteiger partial charge is 0.357 e. The molecule has 2 aromatic heterocycles. The summed E-state index contributed by atoms with van der Waals surface area (Å²) >= 11 is 1.01. The Hall–Kier alpha value is -2.10. The maximum Gasteiger partial charge on any atom is 0.434 e. The van der Waals surface area contributed by atoms with Crippen molar-refractivity contribution in [2.24, 2.45) is 4.99 Å². The predicted molar refractivity (Wildman–Crippen MR) is 91.8 cm³/mol.